The largest absolute Gasteiger partial charge is 0.477 e. The highest BCUT2D eigenvalue weighted by Gasteiger charge is 2.35. The van der Waals surface area contributed by atoms with Crippen LogP contribution in [0.1, 0.15) is 49.3 Å². The average Bonchev–Trinajstić information content (AvgIpc) is 3.42. The van der Waals surface area contributed by atoms with Gasteiger partial charge in [-0.2, -0.15) is 4.40 Å². The summed E-state index contributed by atoms with van der Waals surface area (Å²) < 4.78 is 33.4. The van der Waals surface area contributed by atoms with Crippen LogP contribution in [-0.4, -0.2) is 77.4 Å². The Hall–Kier alpha value is -3.16. The van der Waals surface area contributed by atoms with Crippen molar-refractivity contribution < 1.29 is 17.9 Å². The zero-order valence-electron chi connectivity index (χ0n) is 21.6. The van der Waals surface area contributed by atoms with Gasteiger partial charge in [-0.05, 0) is 58.7 Å². The second kappa shape index (κ2) is 12.6. The van der Waals surface area contributed by atoms with E-state index in [4.69, 9.17) is 4.74 Å². The van der Waals surface area contributed by atoms with E-state index in [0.717, 1.165) is 25.9 Å². The van der Waals surface area contributed by atoms with Crippen molar-refractivity contribution in [3.05, 3.63) is 48.2 Å². The van der Waals surface area contributed by atoms with Crippen molar-refractivity contribution >= 4 is 33.0 Å². The third-order valence-electron chi connectivity index (χ3n) is 6.03. The molecule has 1 saturated heterocycles. The van der Waals surface area contributed by atoms with Crippen LogP contribution >= 0.6 is 11.3 Å². The van der Waals surface area contributed by atoms with Crippen LogP contribution in [0.5, 0.6) is 5.88 Å². The van der Waals surface area contributed by atoms with E-state index < -0.39 is 16.1 Å². The monoisotopic (exact) mass is 559 g/mol. The van der Waals surface area contributed by atoms with Crippen LogP contribution in [0.25, 0.3) is 10.6 Å². The summed E-state index contributed by atoms with van der Waals surface area (Å²) in [5.41, 5.74) is 1.54. The van der Waals surface area contributed by atoms with E-state index in [2.05, 4.69) is 41.5 Å². The third kappa shape index (κ3) is 7.68. The fourth-order valence-electron chi connectivity index (χ4n) is 3.91. The first-order valence-corrected chi connectivity index (χ1v) is 14.9. The lowest BCUT2D eigenvalue weighted by Gasteiger charge is -2.25. The van der Waals surface area contributed by atoms with Crippen molar-refractivity contribution in [1.82, 2.24) is 30.5 Å². The molecule has 11 nitrogen and oxygen atoms in total. The number of nitrogens with one attached hydrogen (secondary N) is 2. The molecule has 0 bridgehead atoms. The highest BCUT2D eigenvalue weighted by Crippen LogP contribution is 2.29. The molecule has 13 heteroatoms. The van der Waals surface area contributed by atoms with Crippen LogP contribution in [0, 0.1) is 0 Å². The Morgan fingerprint density at radius 3 is 2.79 bits per heavy atom. The molecule has 2 aliphatic rings. The summed E-state index contributed by atoms with van der Waals surface area (Å²) in [7, 11) is -3.44. The Morgan fingerprint density at radius 2 is 2.08 bits per heavy atom. The topological polar surface area (TPSA) is 139 Å². The highest BCUT2D eigenvalue weighted by molar-refractivity contribution is 7.91. The molecule has 38 heavy (non-hydrogen) atoms. The number of ether oxygens (including phenoxy) is 1. The molecule has 0 radical (unpaired) electrons. The van der Waals surface area contributed by atoms with E-state index in [0.29, 0.717) is 58.9 Å². The molecule has 2 fully saturated rings. The molecule has 3 heterocycles. The number of aromatic nitrogens is 3. The van der Waals surface area contributed by atoms with Gasteiger partial charge in [0.05, 0.1) is 40.9 Å². The van der Waals surface area contributed by atoms with E-state index in [9.17, 15) is 13.2 Å². The third-order valence-corrected chi connectivity index (χ3v) is 8.91. The molecule has 1 saturated carbocycles. The number of allylic oxidation sites excluding steroid dienone is 1. The number of carbonyl (C=O) groups excluding carboxylic acids is 1. The molecular weight excluding hydrogens is 526 g/mol. The van der Waals surface area contributed by atoms with Crippen LogP contribution in [-0.2, 0) is 10.0 Å². The van der Waals surface area contributed by atoms with Gasteiger partial charge in [-0.15, -0.1) is 11.3 Å². The molecule has 2 N–H and O–H groups in total. The average molecular weight is 560 g/mol. The number of carbonyl (C=O) groups is 1. The number of amides is 1. The molecule has 1 aliphatic heterocycles. The number of hydrogen-bond donors (Lipinski definition) is 2. The van der Waals surface area contributed by atoms with Gasteiger partial charge in [-0.1, -0.05) is 6.58 Å². The summed E-state index contributed by atoms with van der Waals surface area (Å²) in [5, 5.41) is 6.07. The minimum atomic E-state index is -3.44. The molecule has 1 aliphatic carbocycles. The maximum atomic E-state index is 13.1. The maximum Gasteiger partial charge on any atom is 0.280 e. The lowest BCUT2D eigenvalue weighted by atomic mass is 10.2. The fourth-order valence-corrected chi connectivity index (χ4v) is 6.03. The number of rotatable bonds is 13. The Kier molecular flexibility index (Phi) is 9.23. The van der Waals surface area contributed by atoms with E-state index in [1.807, 2.05) is 6.92 Å². The number of hydrogen-bond acceptors (Lipinski definition) is 10. The first kappa shape index (κ1) is 27.9. The van der Waals surface area contributed by atoms with Crippen molar-refractivity contribution in [3.63, 3.8) is 0 Å². The van der Waals surface area contributed by atoms with Crippen LogP contribution in [0.2, 0.25) is 0 Å². The standard InChI is InChI=1S/C25H33N7O4S2/c1-4-36-23-15-26-13-20(29-23)22-14-28-25(37-22)24(33)30-21(16-32-11-5-6-12-32)18(3)27-10-9-17(2)31-38(34,35)19-7-8-19/h9-10,13-15,19,21,27H,3-8,11-12,16H2,1-2H3,(H,30,33)/t21-/m1/s1. The van der Waals surface area contributed by atoms with Crippen LogP contribution < -0.4 is 15.4 Å². The summed E-state index contributed by atoms with van der Waals surface area (Å²) in [5.74, 6) is 0.0931. The van der Waals surface area contributed by atoms with E-state index in [-0.39, 0.29) is 11.2 Å². The summed E-state index contributed by atoms with van der Waals surface area (Å²) in [6.45, 7) is 10.6. The Balaban J connectivity index is 1.41. The normalized spacial score (nSPS) is 17.5. The second-order valence-corrected chi connectivity index (χ2v) is 12.1. The molecule has 1 atom stereocenters. The van der Waals surface area contributed by atoms with E-state index >= 15 is 0 Å². The van der Waals surface area contributed by atoms with Gasteiger partial charge in [0.1, 0.15) is 5.69 Å². The molecule has 4 rings (SSSR count). The second-order valence-electron chi connectivity index (χ2n) is 9.19. The molecule has 1 amide bonds. The van der Waals surface area contributed by atoms with Gasteiger partial charge in [0.15, 0.2) is 5.01 Å². The molecule has 2 aromatic rings. The van der Waals surface area contributed by atoms with Crippen LogP contribution in [0.3, 0.4) is 0 Å². The molecular formula is C25H33N7O4S2. The van der Waals surface area contributed by atoms with Gasteiger partial charge >= 0.3 is 0 Å². The van der Waals surface area contributed by atoms with Gasteiger partial charge in [-0.25, -0.2) is 18.4 Å². The van der Waals surface area contributed by atoms with Crippen LogP contribution in [0.4, 0.5) is 0 Å². The van der Waals surface area contributed by atoms with Gasteiger partial charge in [0, 0.05) is 24.6 Å². The molecule has 2 aromatic heterocycles. The van der Waals surface area contributed by atoms with Crippen molar-refractivity contribution in [2.24, 2.45) is 4.40 Å². The lowest BCUT2D eigenvalue weighted by molar-refractivity contribution is 0.0933. The van der Waals surface area contributed by atoms with Gasteiger partial charge in [-0.3, -0.25) is 9.78 Å². The molecule has 204 valence electrons. The fraction of sp³-hybridized carbons (Fsp3) is 0.480. The minimum Gasteiger partial charge on any atom is -0.477 e. The first-order chi connectivity index (χ1) is 18.2. The Labute approximate surface area is 227 Å². The van der Waals surface area contributed by atoms with Crippen molar-refractivity contribution in [3.8, 4) is 16.5 Å². The molecule has 0 unspecified atom stereocenters. The van der Waals surface area contributed by atoms with Gasteiger partial charge in [0.2, 0.25) is 5.88 Å². The summed E-state index contributed by atoms with van der Waals surface area (Å²) in [6, 6.07) is -0.397. The summed E-state index contributed by atoms with van der Waals surface area (Å²) in [6.07, 6.45) is 11.5. The lowest BCUT2D eigenvalue weighted by Crippen LogP contribution is -2.46. The molecule has 0 spiro atoms. The number of nitrogens with zero attached hydrogens (tertiary/aromatic N) is 5. The van der Waals surface area contributed by atoms with E-state index in [1.54, 1.807) is 31.6 Å². The van der Waals surface area contributed by atoms with Crippen molar-refractivity contribution in [2.75, 3.05) is 26.2 Å². The summed E-state index contributed by atoms with van der Waals surface area (Å²) in [4.78, 5) is 29.0. The first-order valence-electron chi connectivity index (χ1n) is 12.6. The smallest absolute Gasteiger partial charge is 0.280 e. The zero-order chi connectivity index (χ0) is 27.1. The highest BCUT2D eigenvalue weighted by atomic mass is 32.2. The number of sulfonamides is 1. The van der Waals surface area contributed by atoms with Crippen LogP contribution in [0.15, 0.2) is 47.5 Å². The molecule has 0 aromatic carbocycles. The SMILES string of the molecule is C=C(NC=CC(C)=NS(=O)(=O)C1CC1)[C@@H](CN1CCCC1)NC(=O)c1ncc(-c2cncc(OCC)n2)s1. The zero-order valence-corrected chi connectivity index (χ0v) is 23.2. The van der Waals surface area contributed by atoms with Gasteiger partial charge in [0.25, 0.3) is 15.9 Å². The quantitative estimate of drug-likeness (QED) is 0.355. The van der Waals surface area contributed by atoms with E-state index in [1.165, 1.54) is 17.5 Å². The van der Waals surface area contributed by atoms with Gasteiger partial charge < -0.3 is 20.3 Å². The number of likely N-dealkylation sites (tertiary alicyclic amines) is 1. The Morgan fingerprint density at radius 1 is 1.32 bits per heavy atom. The minimum absolute atomic E-state index is 0.298. The Bertz CT molecular complexity index is 1310. The van der Waals surface area contributed by atoms with Crippen molar-refractivity contribution in [2.45, 2.75) is 50.8 Å². The van der Waals surface area contributed by atoms with Crippen molar-refractivity contribution in [1.29, 1.82) is 0 Å². The summed E-state index contributed by atoms with van der Waals surface area (Å²) >= 11 is 1.22. The number of thiazole rings is 1. The maximum absolute atomic E-state index is 13.1. The predicted molar refractivity (Wildman–Crippen MR) is 148 cm³/mol. The predicted octanol–water partition coefficient (Wildman–Crippen LogP) is 2.76.